The molecule has 0 bridgehead atoms. The molecule has 0 aliphatic carbocycles. The first-order chi connectivity index (χ1) is 13.2. The molecule has 7 heteroatoms. The fourth-order valence-electron chi connectivity index (χ4n) is 3.66. The number of carbonyl (C=O) groups is 1. The van der Waals surface area contributed by atoms with Crippen molar-refractivity contribution in [3.8, 4) is 0 Å². The Labute approximate surface area is 172 Å². The third-order valence-electron chi connectivity index (χ3n) is 5.16. The summed E-state index contributed by atoms with van der Waals surface area (Å²) in [4.78, 5) is 15.1. The van der Waals surface area contributed by atoms with E-state index in [2.05, 4.69) is 6.07 Å². The van der Waals surface area contributed by atoms with Gasteiger partial charge in [0.15, 0.2) is 0 Å². The molecule has 0 N–H and O–H groups in total. The molecule has 2 aromatic carbocycles. The average Bonchev–Trinajstić information content (AvgIpc) is 2.66. The smallest absolute Gasteiger partial charge is 0.246 e. The largest absolute Gasteiger partial charge is 0.336 e. The summed E-state index contributed by atoms with van der Waals surface area (Å²) in [5.41, 5.74) is 3.62. The number of halogens is 1. The molecular weight excluding hydrogens is 396 g/mol. The lowest BCUT2D eigenvalue weighted by Crippen LogP contribution is -2.51. The summed E-state index contributed by atoms with van der Waals surface area (Å²) in [6.45, 7) is 4.76. The van der Waals surface area contributed by atoms with E-state index in [1.807, 2.05) is 32.0 Å². The standard InChI is InChI=1S/C21H25ClN2O3S/c1-4-20(21(25)23-12-11-16-7-5-6-8-17(16)14-23)24(28(3,26)27)18-10-9-15(2)19(22)13-18/h5-10,13,20H,4,11-12,14H2,1-3H3/t20-/m1/s1. The SMILES string of the molecule is CC[C@H](C(=O)N1CCc2ccccc2C1)N(c1ccc(C)c(Cl)c1)S(C)(=O)=O. The first kappa shape index (κ1) is 20.7. The van der Waals surface area contributed by atoms with Crippen molar-refractivity contribution in [2.75, 3.05) is 17.1 Å². The summed E-state index contributed by atoms with van der Waals surface area (Å²) in [6.07, 6.45) is 2.27. The van der Waals surface area contributed by atoms with Gasteiger partial charge in [0.25, 0.3) is 0 Å². The average molecular weight is 421 g/mol. The van der Waals surface area contributed by atoms with Gasteiger partial charge in [0, 0.05) is 18.1 Å². The van der Waals surface area contributed by atoms with Gasteiger partial charge in [-0.25, -0.2) is 8.42 Å². The summed E-state index contributed by atoms with van der Waals surface area (Å²) in [5.74, 6) is -0.181. The minimum absolute atomic E-state index is 0.181. The maximum Gasteiger partial charge on any atom is 0.246 e. The maximum absolute atomic E-state index is 13.3. The van der Waals surface area contributed by atoms with Crippen LogP contribution >= 0.6 is 11.6 Å². The van der Waals surface area contributed by atoms with E-state index < -0.39 is 16.1 Å². The number of sulfonamides is 1. The number of amides is 1. The Kier molecular flexibility index (Phi) is 6.01. The molecule has 0 saturated heterocycles. The van der Waals surface area contributed by atoms with E-state index in [9.17, 15) is 13.2 Å². The van der Waals surface area contributed by atoms with E-state index in [0.29, 0.717) is 30.2 Å². The van der Waals surface area contributed by atoms with Crippen LogP contribution in [0.4, 0.5) is 5.69 Å². The van der Waals surface area contributed by atoms with E-state index in [0.717, 1.165) is 23.8 Å². The van der Waals surface area contributed by atoms with E-state index in [-0.39, 0.29) is 5.91 Å². The summed E-state index contributed by atoms with van der Waals surface area (Å²) in [5, 5.41) is 0.473. The van der Waals surface area contributed by atoms with Gasteiger partial charge in [-0.2, -0.15) is 0 Å². The van der Waals surface area contributed by atoms with Crippen LogP contribution in [0.25, 0.3) is 0 Å². The van der Waals surface area contributed by atoms with Gasteiger partial charge in [0.1, 0.15) is 6.04 Å². The van der Waals surface area contributed by atoms with Gasteiger partial charge in [-0.15, -0.1) is 0 Å². The van der Waals surface area contributed by atoms with Crippen LogP contribution in [0.3, 0.4) is 0 Å². The summed E-state index contributed by atoms with van der Waals surface area (Å²) < 4.78 is 26.5. The van der Waals surface area contributed by atoms with Gasteiger partial charge in [0.05, 0.1) is 11.9 Å². The zero-order chi connectivity index (χ0) is 20.5. The molecule has 2 aromatic rings. The first-order valence-corrected chi connectivity index (χ1v) is 11.6. The number of hydrogen-bond donors (Lipinski definition) is 0. The van der Waals surface area contributed by atoms with Crippen LogP contribution in [0.1, 0.15) is 30.0 Å². The lowest BCUT2D eigenvalue weighted by molar-refractivity contribution is -0.133. The molecule has 5 nitrogen and oxygen atoms in total. The quantitative estimate of drug-likeness (QED) is 0.739. The van der Waals surface area contributed by atoms with Crippen molar-refractivity contribution in [1.29, 1.82) is 0 Å². The molecule has 1 aliphatic heterocycles. The first-order valence-electron chi connectivity index (χ1n) is 9.33. The molecule has 0 saturated carbocycles. The van der Waals surface area contributed by atoms with E-state index in [4.69, 9.17) is 11.6 Å². The minimum atomic E-state index is -3.68. The van der Waals surface area contributed by atoms with Crippen molar-refractivity contribution in [1.82, 2.24) is 4.90 Å². The highest BCUT2D eigenvalue weighted by Crippen LogP contribution is 2.29. The van der Waals surface area contributed by atoms with Crippen LogP contribution in [0.15, 0.2) is 42.5 Å². The molecule has 0 aromatic heterocycles. The van der Waals surface area contributed by atoms with Crippen molar-refractivity contribution < 1.29 is 13.2 Å². The second-order valence-electron chi connectivity index (χ2n) is 7.19. The lowest BCUT2D eigenvalue weighted by atomic mass is 9.99. The summed E-state index contributed by atoms with van der Waals surface area (Å²) >= 11 is 6.22. The van der Waals surface area contributed by atoms with E-state index in [1.165, 1.54) is 9.87 Å². The fourth-order valence-corrected chi connectivity index (χ4v) is 5.03. The Bertz CT molecular complexity index is 991. The van der Waals surface area contributed by atoms with Crippen molar-refractivity contribution in [3.05, 3.63) is 64.2 Å². The highest BCUT2D eigenvalue weighted by molar-refractivity contribution is 7.92. The van der Waals surface area contributed by atoms with Crippen LogP contribution in [0.5, 0.6) is 0 Å². The Morgan fingerprint density at radius 1 is 1.21 bits per heavy atom. The molecule has 3 rings (SSSR count). The maximum atomic E-state index is 13.3. The molecule has 1 aliphatic rings. The number of anilines is 1. The van der Waals surface area contributed by atoms with Gasteiger partial charge in [-0.05, 0) is 48.6 Å². The molecular formula is C21H25ClN2O3S. The van der Waals surface area contributed by atoms with Crippen LogP contribution in [0, 0.1) is 6.92 Å². The normalized spacial score (nSPS) is 15.1. The molecule has 0 unspecified atom stereocenters. The van der Waals surface area contributed by atoms with E-state index >= 15 is 0 Å². The minimum Gasteiger partial charge on any atom is -0.336 e. The van der Waals surface area contributed by atoms with Crippen LogP contribution in [0.2, 0.25) is 5.02 Å². The van der Waals surface area contributed by atoms with Crippen molar-refractivity contribution in [3.63, 3.8) is 0 Å². The number of rotatable bonds is 5. The molecule has 0 radical (unpaired) electrons. The van der Waals surface area contributed by atoms with Gasteiger partial charge >= 0.3 is 0 Å². The molecule has 1 heterocycles. The van der Waals surface area contributed by atoms with E-state index in [1.54, 1.807) is 23.1 Å². The lowest BCUT2D eigenvalue weighted by Gasteiger charge is -2.36. The molecule has 0 fully saturated rings. The number of fused-ring (bicyclic) bond motifs is 1. The van der Waals surface area contributed by atoms with Crippen LogP contribution in [-0.2, 0) is 27.8 Å². The third-order valence-corrected chi connectivity index (χ3v) is 6.75. The predicted molar refractivity (Wildman–Crippen MR) is 113 cm³/mol. The second kappa shape index (κ2) is 8.13. The van der Waals surface area contributed by atoms with Crippen molar-refractivity contribution in [2.45, 2.75) is 39.3 Å². The zero-order valence-electron chi connectivity index (χ0n) is 16.4. The Morgan fingerprint density at radius 2 is 1.89 bits per heavy atom. The fraction of sp³-hybridized carbons (Fsp3) is 0.381. The number of benzene rings is 2. The number of hydrogen-bond acceptors (Lipinski definition) is 3. The monoisotopic (exact) mass is 420 g/mol. The Balaban J connectivity index is 1.94. The van der Waals surface area contributed by atoms with Gasteiger partial charge in [-0.1, -0.05) is 48.9 Å². The van der Waals surface area contributed by atoms with Crippen molar-refractivity contribution >= 4 is 33.2 Å². The molecule has 28 heavy (non-hydrogen) atoms. The third kappa shape index (κ3) is 4.18. The topological polar surface area (TPSA) is 57.7 Å². The number of nitrogens with zero attached hydrogens (tertiary/aromatic N) is 2. The van der Waals surface area contributed by atoms with Gasteiger partial charge in [0.2, 0.25) is 15.9 Å². The second-order valence-corrected chi connectivity index (χ2v) is 9.46. The van der Waals surface area contributed by atoms with Gasteiger partial charge < -0.3 is 4.90 Å². The summed E-state index contributed by atoms with van der Waals surface area (Å²) in [7, 11) is -3.68. The molecule has 1 atom stereocenters. The number of carbonyl (C=O) groups excluding carboxylic acids is 1. The number of aryl methyl sites for hydroxylation is 1. The molecule has 150 valence electrons. The van der Waals surface area contributed by atoms with Gasteiger partial charge in [-0.3, -0.25) is 9.10 Å². The molecule has 1 amide bonds. The van der Waals surface area contributed by atoms with Crippen molar-refractivity contribution in [2.24, 2.45) is 0 Å². The van der Waals surface area contributed by atoms with Crippen LogP contribution in [-0.4, -0.2) is 38.1 Å². The Morgan fingerprint density at radius 3 is 2.50 bits per heavy atom. The predicted octanol–water partition coefficient (Wildman–Crippen LogP) is 3.78. The Hall–Kier alpha value is -2.05. The summed E-state index contributed by atoms with van der Waals surface area (Å²) in [6, 6.07) is 12.3. The highest BCUT2D eigenvalue weighted by Gasteiger charge is 2.35. The molecule has 0 spiro atoms. The zero-order valence-corrected chi connectivity index (χ0v) is 17.9. The van der Waals surface area contributed by atoms with Crippen LogP contribution < -0.4 is 4.31 Å². The highest BCUT2D eigenvalue weighted by atomic mass is 35.5.